The highest BCUT2D eigenvalue weighted by atomic mass is 16.5. The van der Waals surface area contributed by atoms with Crippen molar-refractivity contribution in [1.82, 2.24) is 0 Å². The van der Waals surface area contributed by atoms with Gasteiger partial charge in [-0.15, -0.1) is 0 Å². The van der Waals surface area contributed by atoms with E-state index in [1.807, 2.05) is 0 Å². The van der Waals surface area contributed by atoms with Crippen LogP contribution in [0.15, 0.2) is 0 Å². The average Bonchev–Trinajstić information content (AvgIpc) is 2.32. The van der Waals surface area contributed by atoms with Crippen molar-refractivity contribution < 1.29 is 9.47 Å². The molecular weight excluding hydrogens is 139 g/mol. The van der Waals surface area contributed by atoms with E-state index in [9.17, 15) is 0 Å². The maximum atomic E-state index is 5.79. The van der Waals surface area contributed by atoms with Crippen LogP contribution in [0.1, 0.15) is 12.8 Å². The molecule has 0 N–H and O–H groups in total. The molecule has 0 aliphatic heterocycles. The number of hydrogen-bond acceptors (Lipinski definition) is 2. The molecule has 11 heavy (non-hydrogen) atoms. The molecule has 3 atom stereocenters. The molecule has 0 aromatic heterocycles. The van der Waals surface area contributed by atoms with E-state index < -0.39 is 0 Å². The van der Waals surface area contributed by atoms with Crippen molar-refractivity contribution in [2.45, 2.75) is 24.8 Å². The van der Waals surface area contributed by atoms with E-state index in [0.29, 0.717) is 17.8 Å². The Bertz CT molecular complexity index is 119. The summed E-state index contributed by atoms with van der Waals surface area (Å²) in [4.78, 5) is 0. The van der Waals surface area contributed by atoms with E-state index in [1.165, 1.54) is 0 Å². The lowest BCUT2D eigenvalue weighted by molar-refractivity contribution is 0.0332. The highest BCUT2D eigenvalue weighted by Crippen LogP contribution is 2.34. The molecule has 0 unspecified atom stereocenters. The van der Waals surface area contributed by atoms with Crippen molar-refractivity contribution in [2.75, 3.05) is 20.8 Å². The van der Waals surface area contributed by atoms with Crippen LogP contribution in [-0.4, -0.2) is 34.8 Å². The zero-order valence-electron chi connectivity index (χ0n) is 7.25. The lowest BCUT2D eigenvalue weighted by atomic mass is 9.85. The molecule has 2 nitrogen and oxygen atoms in total. The van der Waals surface area contributed by atoms with Gasteiger partial charge in [-0.25, -0.2) is 0 Å². The van der Waals surface area contributed by atoms with Crippen LogP contribution in [0.25, 0.3) is 0 Å². The standard InChI is InChI=1S/C8H15BO2/c1-10-5-6-3-7(9)4-8(6)11-2/h6-8H,3-5H2,1-2H3/t6-,7+,8+/m1/s1. The third kappa shape index (κ3) is 2.21. The molecule has 1 fully saturated rings. The molecule has 0 saturated heterocycles. The average molecular weight is 154 g/mol. The van der Waals surface area contributed by atoms with Gasteiger partial charge < -0.3 is 9.47 Å². The zero-order chi connectivity index (χ0) is 8.27. The Morgan fingerprint density at radius 1 is 1.36 bits per heavy atom. The first-order chi connectivity index (χ1) is 5.27. The van der Waals surface area contributed by atoms with Crippen molar-refractivity contribution in [2.24, 2.45) is 5.92 Å². The molecule has 0 heterocycles. The SMILES string of the molecule is [B][C@H]1C[C@H](COC)[C@@H](OC)C1. The Labute approximate surface area is 69.7 Å². The van der Waals surface area contributed by atoms with E-state index >= 15 is 0 Å². The van der Waals surface area contributed by atoms with Gasteiger partial charge in [0.15, 0.2) is 0 Å². The van der Waals surface area contributed by atoms with Crippen molar-refractivity contribution in [1.29, 1.82) is 0 Å². The summed E-state index contributed by atoms with van der Waals surface area (Å²) in [5.74, 6) is 0.806. The second kappa shape index (κ2) is 4.12. The Hall–Kier alpha value is -0.0151. The predicted octanol–water partition coefficient (Wildman–Crippen LogP) is 1.01. The fraction of sp³-hybridized carbons (Fsp3) is 1.00. The lowest BCUT2D eigenvalue weighted by Crippen LogP contribution is -2.20. The Morgan fingerprint density at radius 3 is 2.64 bits per heavy atom. The van der Waals surface area contributed by atoms with Gasteiger partial charge in [-0.05, 0) is 6.42 Å². The third-order valence-corrected chi connectivity index (χ3v) is 2.35. The summed E-state index contributed by atoms with van der Waals surface area (Å²) in [5, 5.41) is 0. The first-order valence-corrected chi connectivity index (χ1v) is 4.05. The molecule has 0 spiro atoms. The van der Waals surface area contributed by atoms with E-state index in [1.54, 1.807) is 14.2 Å². The van der Waals surface area contributed by atoms with Gasteiger partial charge in [-0.1, -0.05) is 12.2 Å². The minimum Gasteiger partial charge on any atom is -0.384 e. The maximum absolute atomic E-state index is 5.79. The molecule has 1 aliphatic rings. The topological polar surface area (TPSA) is 18.5 Å². The molecule has 0 amide bonds. The van der Waals surface area contributed by atoms with Crippen molar-refractivity contribution in [3.8, 4) is 0 Å². The van der Waals surface area contributed by atoms with Crippen molar-refractivity contribution in [3.05, 3.63) is 0 Å². The van der Waals surface area contributed by atoms with Gasteiger partial charge in [0.1, 0.15) is 0 Å². The summed E-state index contributed by atoms with van der Waals surface area (Å²) in [6.45, 7) is 0.770. The third-order valence-electron chi connectivity index (χ3n) is 2.35. The highest BCUT2D eigenvalue weighted by Gasteiger charge is 2.31. The van der Waals surface area contributed by atoms with Crippen LogP contribution in [0.3, 0.4) is 0 Å². The van der Waals surface area contributed by atoms with Crippen LogP contribution in [0.5, 0.6) is 0 Å². The monoisotopic (exact) mass is 154 g/mol. The summed E-state index contributed by atoms with van der Waals surface area (Å²) in [6.07, 6.45) is 2.32. The Balaban J connectivity index is 2.37. The van der Waals surface area contributed by atoms with Gasteiger partial charge in [0, 0.05) is 20.1 Å². The van der Waals surface area contributed by atoms with Gasteiger partial charge >= 0.3 is 0 Å². The van der Waals surface area contributed by atoms with Gasteiger partial charge in [0.25, 0.3) is 0 Å². The number of hydrogen-bond donors (Lipinski definition) is 0. The normalized spacial score (nSPS) is 37.8. The zero-order valence-corrected chi connectivity index (χ0v) is 7.25. The van der Waals surface area contributed by atoms with Crippen LogP contribution in [-0.2, 0) is 9.47 Å². The molecule has 62 valence electrons. The molecular formula is C8H15BO2. The number of methoxy groups -OCH3 is 2. The molecule has 1 aliphatic carbocycles. The summed E-state index contributed by atoms with van der Waals surface area (Å²) in [6, 6.07) is 0. The maximum Gasteiger partial charge on any atom is 0.0700 e. The van der Waals surface area contributed by atoms with E-state index in [2.05, 4.69) is 0 Å². The quantitative estimate of drug-likeness (QED) is 0.565. The first kappa shape index (κ1) is 9.08. The van der Waals surface area contributed by atoms with Crippen LogP contribution >= 0.6 is 0 Å². The summed E-state index contributed by atoms with van der Waals surface area (Å²) < 4.78 is 10.4. The van der Waals surface area contributed by atoms with Crippen LogP contribution in [0.4, 0.5) is 0 Å². The van der Waals surface area contributed by atoms with Crippen LogP contribution in [0, 0.1) is 5.92 Å². The Morgan fingerprint density at radius 2 is 2.09 bits per heavy atom. The van der Waals surface area contributed by atoms with E-state index in [4.69, 9.17) is 17.3 Å². The second-order valence-electron chi connectivity index (χ2n) is 3.22. The predicted molar refractivity (Wildman–Crippen MR) is 44.9 cm³/mol. The Kier molecular flexibility index (Phi) is 3.40. The highest BCUT2D eigenvalue weighted by molar-refractivity contribution is 6.11. The number of ether oxygens (including phenoxy) is 2. The summed E-state index contributed by atoms with van der Waals surface area (Å²) in [5.41, 5.74) is 0. The molecule has 1 saturated carbocycles. The molecule has 2 radical (unpaired) electrons. The van der Waals surface area contributed by atoms with Crippen molar-refractivity contribution >= 4 is 7.85 Å². The fourth-order valence-electron chi connectivity index (χ4n) is 1.81. The summed E-state index contributed by atoms with van der Waals surface area (Å²) >= 11 is 0. The lowest BCUT2D eigenvalue weighted by Gasteiger charge is -2.16. The summed E-state index contributed by atoms with van der Waals surface area (Å²) in [7, 11) is 9.25. The fourth-order valence-corrected chi connectivity index (χ4v) is 1.81. The molecule has 0 bridgehead atoms. The van der Waals surface area contributed by atoms with Gasteiger partial charge in [0.2, 0.25) is 0 Å². The van der Waals surface area contributed by atoms with E-state index in [0.717, 1.165) is 19.4 Å². The van der Waals surface area contributed by atoms with E-state index in [-0.39, 0.29) is 0 Å². The number of rotatable bonds is 3. The largest absolute Gasteiger partial charge is 0.384 e. The van der Waals surface area contributed by atoms with Gasteiger partial charge in [0.05, 0.1) is 20.6 Å². The second-order valence-corrected chi connectivity index (χ2v) is 3.22. The minimum atomic E-state index is 0.306. The van der Waals surface area contributed by atoms with Crippen molar-refractivity contribution in [3.63, 3.8) is 0 Å². The van der Waals surface area contributed by atoms with Gasteiger partial charge in [-0.2, -0.15) is 0 Å². The van der Waals surface area contributed by atoms with Gasteiger partial charge in [-0.3, -0.25) is 0 Å². The van der Waals surface area contributed by atoms with Crippen LogP contribution in [0.2, 0.25) is 5.82 Å². The molecule has 3 heteroatoms. The minimum absolute atomic E-state index is 0.306. The van der Waals surface area contributed by atoms with Crippen LogP contribution < -0.4 is 0 Å². The first-order valence-electron chi connectivity index (χ1n) is 4.05. The molecule has 0 aromatic carbocycles. The molecule has 1 rings (SSSR count). The molecule has 0 aromatic rings. The smallest absolute Gasteiger partial charge is 0.0700 e.